The fraction of sp³-hybridized carbons (Fsp3) is 0.353. The largest absolute Gasteiger partial charge is 0.391 e. The molecular formula is C34H39FN6O5S. The standard InChI is InChI=1S/C34H39FN6O5S/c1-19(2)12-25(16-36)34(46)41(6)26-9-7-8-23(14-26)15-28(31(43)38-17-24-11-10-20(3)13-27(24)35)39-33(45)30(21(4)42)40-32(44)29-18-37-22(5)47-29/h7-14,18-19,21,28,30,42H,15,17H2,1-6H3,(H,38,43)(H,39,45)(H,40,44)/t21-,28?,30+/m1/s1. The molecule has 3 rings (SSSR count). The molecule has 4 N–H and O–H groups in total. The second-order valence-electron chi connectivity index (χ2n) is 11.5. The number of carbonyl (C=O) groups is 4. The van der Waals surface area contributed by atoms with E-state index >= 15 is 0 Å². The van der Waals surface area contributed by atoms with Crippen LogP contribution < -0.4 is 20.9 Å². The lowest BCUT2D eigenvalue weighted by Crippen LogP contribution is -2.57. The molecule has 248 valence electrons. The van der Waals surface area contributed by atoms with Crippen molar-refractivity contribution in [1.82, 2.24) is 20.9 Å². The number of allylic oxidation sites excluding steroid dienone is 1. The predicted octanol–water partition coefficient (Wildman–Crippen LogP) is 3.49. The zero-order chi connectivity index (χ0) is 34.8. The van der Waals surface area contributed by atoms with Gasteiger partial charge < -0.3 is 26.0 Å². The number of aliphatic hydroxyl groups excluding tert-OH is 1. The SMILES string of the molecule is Cc1ccc(CNC(=O)C(Cc2cccc(N(C)C(=O)C(C#N)=CC(C)C)c2)NC(=O)[C@@H](NC(=O)c2cnc(C)s2)[C@@H](C)O)c(F)c1. The average Bonchev–Trinajstić information content (AvgIpc) is 3.46. The summed E-state index contributed by atoms with van der Waals surface area (Å²) in [5.74, 6) is -3.11. The number of likely N-dealkylation sites (N-methyl/N-ethyl adjacent to an activating group) is 1. The van der Waals surface area contributed by atoms with Gasteiger partial charge >= 0.3 is 0 Å². The number of amides is 4. The molecule has 1 heterocycles. The summed E-state index contributed by atoms with van der Waals surface area (Å²) in [6.45, 7) is 8.34. The molecule has 0 saturated heterocycles. The van der Waals surface area contributed by atoms with Crippen LogP contribution in [-0.2, 0) is 27.3 Å². The van der Waals surface area contributed by atoms with Crippen molar-refractivity contribution in [3.05, 3.63) is 92.7 Å². The fourth-order valence-electron chi connectivity index (χ4n) is 4.57. The number of rotatable bonds is 13. The van der Waals surface area contributed by atoms with E-state index in [2.05, 4.69) is 20.9 Å². The van der Waals surface area contributed by atoms with Crippen LogP contribution in [0.2, 0.25) is 0 Å². The Morgan fingerprint density at radius 2 is 1.81 bits per heavy atom. The molecule has 0 saturated carbocycles. The van der Waals surface area contributed by atoms with E-state index in [1.807, 2.05) is 19.9 Å². The van der Waals surface area contributed by atoms with Crippen molar-refractivity contribution in [2.75, 3.05) is 11.9 Å². The Balaban J connectivity index is 1.88. The number of halogens is 1. The van der Waals surface area contributed by atoms with Crippen LogP contribution in [0.1, 0.15) is 52.1 Å². The van der Waals surface area contributed by atoms with Gasteiger partial charge in [-0.2, -0.15) is 5.26 Å². The number of benzene rings is 2. The Morgan fingerprint density at radius 3 is 2.40 bits per heavy atom. The summed E-state index contributed by atoms with van der Waals surface area (Å²) in [5, 5.41) is 28.3. The number of aromatic nitrogens is 1. The predicted molar refractivity (Wildman–Crippen MR) is 177 cm³/mol. The van der Waals surface area contributed by atoms with E-state index in [4.69, 9.17) is 0 Å². The Kier molecular flexibility index (Phi) is 12.9. The van der Waals surface area contributed by atoms with Crippen LogP contribution in [0.25, 0.3) is 0 Å². The zero-order valence-corrected chi connectivity index (χ0v) is 27.9. The van der Waals surface area contributed by atoms with Crippen molar-refractivity contribution in [3.8, 4) is 6.07 Å². The number of aliphatic hydroxyl groups is 1. The first-order valence-corrected chi connectivity index (χ1v) is 15.7. The van der Waals surface area contributed by atoms with Crippen LogP contribution in [0.4, 0.5) is 10.1 Å². The lowest BCUT2D eigenvalue weighted by atomic mass is 10.0. The normalized spacial score (nSPS) is 13.2. The number of hydrogen-bond acceptors (Lipinski definition) is 8. The number of thiazole rings is 1. The first-order valence-electron chi connectivity index (χ1n) is 14.9. The lowest BCUT2D eigenvalue weighted by Gasteiger charge is -2.25. The highest BCUT2D eigenvalue weighted by molar-refractivity contribution is 7.13. The van der Waals surface area contributed by atoms with Crippen LogP contribution in [-0.4, -0.2) is 59.0 Å². The van der Waals surface area contributed by atoms with E-state index in [1.165, 1.54) is 31.1 Å². The number of hydrogen-bond donors (Lipinski definition) is 4. The first-order chi connectivity index (χ1) is 22.2. The van der Waals surface area contributed by atoms with Crippen molar-refractivity contribution in [2.24, 2.45) is 5.92 Å². The molecule has 47 heavy (non-hydrogen) atoms. The average molecular weight is 663 g/mol. The maximum absolute atomic E-state index is 14.5. The highest BCUT2D eigenvalue weighted by atomic mass is 32.1. The van der Waals surface area contributed by atoms with Gasteiger partial charge in [-0.05, 0) is 56.0 Å². The van der Waals surface area contributed by atoms with Gasteiger partial charge in [0.25, 0.3) is 11.8 Å². The highest BCUT2D eigenvalue weighted by Gasteiger charge is 2.31. The molecule has 0 bridgehead atoms. The van der Waals surface area contributed by atoms with E-state index in [9.17, 15) is 33.9 Å². The molecule has 0 fully saturated rings. The molecule has 13 heteroatoms. The molecule has 1 aromatic heterocycles. The van der Waals surface area contributed by atoms with Gasteiger partial charge in [-0.15, -0.1) is 11.3 Å². The minimum Gasteiger partial charge on any atom is -0.391 e. The molecule has 0 aliphatic carbocycles. The maximum Gasteiger partial charge on any atom is 0.268 e. The Hall–Kier alpha value is -4.93. The Morgan fingerprint density at radius 1 is 1.09 bits per heavy atom. The summed E-state index contributed by atoms with van der Waals surface area (Å²) < 4.78 is 14.5. The third kappa shape index (κ3) is 10.3. The molecule has 0 radical (unpaired) electrons. The third-order valence-electron chi connectivity index (χ3n) is 7.08. The highest BCUT2D eigenvalue weighted by Crippen LogP contribution is 2.19. The van der Waals surface area contributed by atoms with Gasteiger partial charge in [-0.3, -0.25) is 19.2 Å². The first kappa shape index (κ1) is 36.5. The summed E-state index contributed by atoms with van der Waals surface area (Å²) in [5.41, 5.74) is 1.94. The van der Waals surface area contributed by atoms with Gasteiger partial charge in [0.15, 0.2) is 0 Å². The van der Waals surface area contributed by atoms with Gasteiger partial charge in [0.1, 0.15) is 34.4 Å². The summed E-state index contributed by atoms with van der Waals surface area (Å²) >= 11 is 1.12. The van der Waals surface area contributed by atoms with Crippen molar-refractivity contribution in [3.63, 3.8) is 0 Å². The second-order valence-corrected chi connectivity index (χ2v) is 12.7. The number of aryl methyl sites for hydroxylation is 2. The molecule has 1 unspecified atom stereocenters. The fourth-order valence-corrected chi connectivity index (χ4v) is 5.25. The molecule has 2 aromatic carbocycles. The second kappa shape index (κ2) is 16.6. The Labute approximate surface area is 277 Å². The van der Waals surface area contributed by atoms with E-state index in [1.54, 1.807) is 56.3 Å². The monoisotopic (exact) mass is 662 g/mol. The number of carbonyl (C=O) groups excluding carboxylic acids is 4. The van der Waals surface area contributed by atoms with Crippen molar-refractivity contribution in [2.45, 2.75) is 65.8 Å². The summed E-state index contributed by atoms with van der Waals surface area (Å²) in [6, 6.07) is 10.6. The summed E-state index contributed by atoms with van der Waals surface area (Å²) in [6.07, 6.45) is 1.54. The molecule has 0 spiro atoms. The molecule has 0 aliphatic heterocycles. The van der Waals surface area contributed by atoms with Crippen LogP contribution in [0.3, 0.4) is 0 Å². The van der Waals surface area contributed by atoms with E-state index in [0.717, 1.165) is 11.3 Å². The molecule has 3 atom stereocenters. The molecule has 4 amide bonds. The zero-order valence-electron chi connectivity index (χ0n) is 27.1. The van der Waals surface area contributed by atoms with E-state index < -0.39 is 47.6 Å². The number of nitrogens with zero attached hydrogens (tertiary/aromatic N) is 3. The summed E-state index contributed by atoms with van der Waals surface area (Å²) in [4.78, 5) is 58.4. The van der Waals surface area contributed by atoms with Gasteiger partial charge in [-0.1, -0.05) is 44.2 Å². The van der Waals surface area contributed by atoms with Crippen LogP contribution >= 0.6 is 11.3 Å². The van der Waals surface area contributed by atoms with Crippen molar-refractivity contribution in [1.29, 1.82) is 5.26 Å². The Bertz CT molecular complexity index is 1700. The maximum atomic E-state index is 14.5. The third-order valence-corrected chi connectivity index (χ3v) is 8.00. The van der Waals surface area contributed by atoms with Crippen LogP contribution in [0, 0.1) is 36.9 Å². The number of nitrogens with one attached hydrogen (secondary N) is 3. The minimum absolute atomic E-state index is 0.0135. The van der Waals surface area contributed by atoms with E-state index in [0.29, 0.717) is 21.8 Å². The minimum atomic E-state index is -1.41. The lowest BCUT2D eigenvalue weighted by molar-refractivity contribution is -0.131. The smallest absolute Gasteiger partial charge is 0.268 e. The van der Waals surface area contributed by atoms with Crippen molar-refractivity contribution < 1.29 is 28.7 Å². The molecular weight excluding hydrogens is 623 g/mol. The molecule has 0 aliphatic rings. The van der Waals surface area contributed by atoms with Gasteiger partial charge in [0.2, 0.25) is 11.8 Å². The van der Waals surface area contributed by atoms with Crippen molar-refractivity contribution >= 4 is 40.7 Å². The summed E-state index contributed by atoms with van der Waals surface area (Å²) in [7, 11) is 1.52. The van der Waals surface area contributed by atoms with Crippen LogP contribution in [0.5, 0.6) is 0 Å². The van der Waals surface area contributed by atoms with Gasteiger partial charge in [0.05, 0.1) is 17.3 Å². The quantitative estimate of drug-likeness (QED) is 0.161. The van der Waals surface area contributed by atoms with Gasteiger partial charge in [-0.25, -0.2) is 9.37 Å². The topological polar surface area (TPSA) is 165 Å². The molecule has 11 nitrogen and oxygen atoms in total. The number of nitriles is 1. The van der Waals surface area contributed by atoms with Crippen LogP contribution in [0.15, 0.2) is 60.3 Å². The number of anilines is 1. The molecule has 3 aromatic rings. The van der Waals surface area contributed by atoms with Gasteiger partial charge in [0, 0.05) is 31.3 Å². The van der Waals surface area contributed by atoms with E-state index in [-0.39, 0.29) is 34.9 Å².